The van der Waals surface area contributed by atoms with Gasteiger partial charge in [0.25, 0.3) is 5.91 Å². The summed E-state index contributed by atoms with van der Waals surface area (Å²) in [4.78, 5) is 42.2. The average Bonchev–Trinajstić information content (AvgIpc) is 2.92. The molecule has 0 spiro atoms. The molecule has 0 saturated carbocycles. The van der Waals surface area contributed by atoms with Crippen LogP contribution in [0.5, 0.6) is 5.75 Å². The van der Waals surface area contributed by atoms with Gasteiger partial charge in [-0.1, -0.05) is 48.2 Å². The summed E-state index contributed by atoms with van der Waals surface area (Å²) in [6.07, 6.45) is 3.37. The number of nitrogens with one attached hydrogen (secondary N) is 1. The summed E-state index contributed by atoms with van der Waals surface area (Å²) in [5, 5.41) is 3.49. The lowest BCUT2D eigenvalue weighted by atomic mass is 10.0. The molecule has 0 fully saturated rings. The van der Waals surface area contributed by atoms with E-state index in [9.17, 15) is 9.59 Å². The number of pyridine rings is 1. The highest BCUT2D eigenvalue weighted by Gasteiger charge is 2.32. The zero-order chi connectivity index (χ0) is 26.9. The molecule has 2 amide bonds. The first kappa shape index (κ1) is 26.8. The lowest BCUT2D eigenvalue weighted by molar-refractivity contribution is -0.137. The molecule has 2 aromatic carbocycles. The van der Waals surface area contributed by atoms with Crippen molar-refractivity contribution in [2.75, 3.05) is 18.2 Å². The van der Waals surface area contributed by atoms with Crippen LogP contribution in [0.1, 0.15) is 28.6 Å². The van der Waals surface area contributed by atoms with Gasteiger partial charge >= 0.3 is 0 Å². The molecule has 2 aromatic heterocycles. The lowest BCUT2D eigenvalue weighted by Gasteiger charge is -2.31. The molecule has 1 N–H and O–H groups in total. The van der Waals surface area contributed by atoms with Crippen molar-refractivity contribution in [1.82, 2.24) is 19.9 Å². The van der Waals surface area contributed by atoms with E-state index in [1.54, 1.807) is 48.7 Å². The number of hydrogen-bond acceptors (Lipinski definition) is 7. The maximum Gasteiger partial charge on any atom is 0.251 e. The van der Waals surface area contributed by atoms with Crippen molar-refractivity contribution < 1.29 is 14.3 Å². The topological polar surface area (TPSA) is 97.3 Å². The van der Waals surface area contributed by atoms with Crippen molar-refractivity contribution in [2.24, 2.45) is 0 Å². The highest BCUT2D eigenvalue weighted by atomic mass is 32.2. The number of methoxy groups -OCH3 is 1. The first-order chi connectivity index (χ1) is 18.4. The average molecular weight is 528 g/mol. The van der Waals surface area contributed by atoms with Crippen LogP contribution in [0.15, 0.2) is 90.3 Å². The van der Waals surface area contributed by atoms with Gasteiger partial charge in [-0.15, -0.1) is 0 Å². The lowest BCUT2D eigenvalue weighted by Crippen LogP contribution is -2.41. The standard InChI is InChI=1S/C29H29N5O3S/c1-20-16-21(2)32-29(31-20)38-19-26(35)34(18-22-8-7-15-30-17-22)27(23-9-5-4-6-10-23)28(36)33-24-11-13-25(37-3)14-12-24/h4-17,27H,18-19H2,1-3H3,(H,33,36). The van der Waals surface area contributed by atoms with E-state index in [4.69, 9.17) is 4.74 Å². The highest BCUT2D eigenvalue weighted by Crippen LogP contribution is 2.27. The summed E-state index contributed by atoms with van der Waals surface area (Å²) >= 11 is 1.25. The molecular formula is C29H29N5O3S. The van der Waals surface area contributed by atoms with Crippen LogP contribution < -0.4 is 10.1 Å². The van der Waals surface area contributed by atoms with E-state index in [0.717, 1.165) is 17.0 Å². The van der Waals surface area contributed by atoms with Crippen LogP contribution in [0.4, 0.5) is 5.69 Å². The van der Waals surface area contributed by atoms with Crippen LogP contribution >= 0.6 is 11.8 Å². The molecule has 0 saturated heterocycles. The van der Waals surface area contributed by atoms with Gasteiger partial charge in [-0.05, 0) is 61.4 Å². The number of carbonyl (C=O) groups is 2. The fourth-order valence-corrected chi connectivity index (χ4v) is 4.81. The quantitative estimate of drug-likeness (QED) is 0.229. The number of hydrogen-bond donors (Lipinski definition) is 1. The predicted octanol–water partition coefficient (Wildman–Crippen LogP) is 5.00. The highest BCUT2D eigenvalue weighted by molar-refractivity contribution is 7.99. The minimum absolute atomic E-state index is 0.0717. The fraction of sp³-hybridized carbons (Fsp3) is 0.207. The number of ether oxygens (including phenoxy) is 1. The van der Waals surface area contributed by atoms with Crippen molar-refractivity contribution >= 4 is 29.3 Å². The van der Waals surface area contributed by atoms with Crippen LogP contribution in [-0.4, -0.2) is 44.5 Å². The van der Waals surface area contributed by atoms with Crippen LogP contribution in [0.25, 0.3) is 0 Å². The van der Waals surface area contributed by atoms with Crippen LogP contribution in [0, 0.1) is 13.8 Å². The molecule has 0 aliphatic carbocycles. The number of anilines is 1. The Morgan fingerprint density at radius 3 is 2.32 bits per heavy atom. The van der Waals surface area contributed by atoms with Crippen LogP contribution in [-0.2, 0) is 16.1 Å². The number of nitrogens with zero attached hydrogens (tertiary/aromatic N) is 4. The normalized spacial score (nSPS) is 11.4. The zero-order valence-corrected chi connectivity index (χ0v) is 22.3. The van der Waals surface area contributed by atoms with Gasteiger partial charge in [0.2, 0.25) is 5.91 Å². The Kier molecular flexibility index (Phi) is 9.05. The number of aryl methyl sites for hydroxylation is 2. The molecule has 8 nitrogen and oxygen atoms in total. The molecular weight excluding hydrogens is 498 g/mol. The third-order valence-electron chi connectivity index (χ3n) is 5.72. The first-order valence-corrected chi connectivity index (χ1v) is 13.0. The molecule has 4 aromatic rings. The number of aromatic nitrogens is 3. The second-order valence-electron chi connectivity index (χ2n) is 8.64. The Balaban J connectivity index is 1.65. The van der Waals surface area contributed by atoms with Crippen molar-refractivity contribution in [3.63, 3.8) is 0 Å². The second kappa shape index (κ2) is 12.8. The third-order valence-corrected chi connectivity index (χ3v) is 6.55. The number of carbonyl (C=O) groups excluding carboxylic acids is 2. The largest absolute Gasteiger partial charge is 0.497 e. The van der Waals surface area contributed by atoms with Crippen molar-refractivity contribution in [2.45, 2.75) is 31.6 Å². The van der Waals surface area contributed by atoms with Crippen molar-refractivity contribution in [3.8, 4) is 5.75 Å². The Hall–Kier alpha value is -4.24. The minimum Gasteiger partial charge on any atom is -0.497 e. The van der Waals surface area contributed by atoms with E-state index >= 15 is 0 Å². The van der Waals surface area contributed by atoms with Crippen molar-refractivity contribution in [3.05, 3.63) is 108 Å². The van der Waals surface area contributed by atoms with E-state index in [2.05, 4.69) is 20.3 Å². The first-order valence-electron chi connectivity index (χ1n) is 12.1. The molecule has 0 aliphatic heterocycles. The summed E-state index contributed by atoms with van der Waals surface area (Å²) in [6, 6.07) is 21.1. The SMILES string of the molecule is COc1ccc(NC(=O)C(c2ccccc2)N(Cc2cccnc2)C(=O)CSc2nc(C)cc(C)n2)cc1. The Bertz CT molecular complexity index is 1350. The molecule has 38 heavy (non-hydrogen) atoms. The van der Waals surface area contributed by atoms with Gasteiger partial charge in [0.05, 0.1) is 12.9 Å². The summed E-state index contributed by atoms with van der Waals surface area (Å²) in [7, 11) is 1.59. The number of benzene rings is 2. The second-order valence-corrected chi connectivity index (χ2v) is 9.58. The fourth-order valence-electron chi connectivity index (χ4n) is 3.97. The maximum absolute atomic E-state index is 13.8. The molecule has 194 valence electrons. The van der Waals surface area contributed by atoms with Crippen LogP contribution in [0.2, 0.25) is 0 Å². The van der Waals surface area contributed by atoms with Gasteiger partial charge in [-0.2, -0.15) is 0 Å². The molecule has 0 radical (unpaired) electrons. The van der Waals surface area contributed by atoms with E-state index in [-0.39, 0.29) is 24.1 Å². The van der Waals surface area contributed by atoms with Gasteiger partial charge in [-0.25, -0.2) is 9.97 Å². The minimum atomic E-state index is -0.883. The van der Waals surface area contributed by atoms with Crippen molar-refractivity contribution in [1.29, 1.82) is 0 Å². The van der Waals surface area contributed by atoms with E-state index in [1.807, 2.05) is 62.4 Å². The van der Waals surface area contributed by atoms with Gasteiger partial charge in [0, 0.05) is 36.0 Å². The van der Waals surface area contributed by atoms with Crippen LogP contribution in [0.3, 0.4) is 0 Å². The third kappa shape index (κ3) is 7.17. The summed E-state index contributed by atoms with van der Waals surface area (Å²) < 4.78 is 5.22. The molecule has 9 heteroatoms. The van der Waals surface area contributed by atoms with Gasteiger partial charge < -0.3 is 15.0 Å². The molecule has 2 heterocycles. The molecule has 0 aliphatic rings. The summed E-state index contributed by atoms with van der Waals surface area (Å²) in [5.74, 6) is 0.204. The van der Waals surface area contributed by atoms with Gasteiger partial charge in [-0.3, -0.25) is 14.6 Å². The van der Waals surface area contributed by atoms with E-state index in [1.165, 1.54) is 11.8 Å². The smallest absolute Gasteiger partial charge is 0.251 e. The number of rotatable bonds is 10. The molecule has 1 atom stereocenters. The van der Waals surface area contributed by atoms with E-state index < -0.39 is 6.04 Å². The molecule has 0 bridgehead atoms. The molecule has 4 rings (SSSR count). The zero-order valence-electron chi connectivity index (χ0n) is 21.5. The molecule has 1 unspecified atom stereocenters. The summed E-state index contributed by atoms with van der Waals surface area (Å²) in [6.45, 7) is 3.99. The predicted molar refractivity (Wildman–Crippen MR) is 148 cm³/mol. The Morgan fingerprint density at radius 1 is 0.974 bits per heavy atom. The Labute approximate surface area is 226 Å². The maximum atomic E-state index is 13.8. The van der Waals surface area contributed by atoms with E-state index in [0.29, 0.717) is 22.2 Å². The Morgan fingerprint density at radius 2 is 1.68 bits per heavy atom. The number of thioether (sulfide) groups is 1. The summed E-state index contributed by atoms with van der Waals surface area (Å²) in [5.41, 5.74) is 3.78. The van der Waals surface area contributed by atoms with Gasteiger partial charge in [0.1, 0.15) is 11.8 Å². The number of amides is 2. The van der Waals surface area contributed by atoms with Gasteiger partial charge in [0.15, 0.2) is 5.16 Å². The monoisotopic (exact) mass is 527 g/mol.